The van der Waals surface area contributed by atoms with E-state index in [1.165, 1.54) is 24.2 Å². The zero-order chi connectivity index (χ0) is 17.8. The highest BCUT2D eigenvalue weighted by atomic mass is 32.2. The molecule has 1 aliphatic carbocycles. The van der Waals surface area contributed by atoms with Crippen LogP contribution in [0.3, 0.4) is 0 Å². The Morgan fingerprint density at radius 1 is 1.23 bits per heavy atom. The number of benzene rings is 1. The minimum atomic E-state index is -0.0512. The third kappa shape index (κ3) is 5.03. The van der Waals surface area contributed by atoms with Gasteiger partial charge in [0.1, 0.15) is 5.01 Å². The Labute approximate surface area is 163 Å². The van der Waals surface area contributed by atoms with E-state index < -0.39 is 0 Å². The molecule has 0 atom stereocenters. The van der Waals surface area contributed by atoms with Crippen LogP contribution in [0.5, 0.6) is 0 Å². The molecule has 26 heavy (non-hydrogen) atoms. The molecule has 0 unspecified atom stereocenters. The van der Waals surface area contributed by atoms with Crippen molar-refractivity contribution in [1.82, 2.24) is 15.2 Å². The molecular weight excluding hydrogens is 386 g/mol. The number of thiazole rings is 1. The number of nitrogens with zero attached hydrogens (tertiary/aromatic N) is 3. The van der Waals surface area contributed by atoms with Gasteiger partial charge in [-0.3, -0.25) is 4.79 Å². The summed E-state index contributed by atoms with van der Waals surface area (Å²) in [7, 11) is 0. The molecule has 134 valence electrons. The van der Waals surface area contributed by atoms with E-state index in [1.54, 1.807) is 23.1 Å². The molecule has 3 aromatic rings. The van der Waals surface area contributed by atoms with E-state index >= 15 is 0 Å². The van der Waals surface area contributed by atoms with Gasteiger partial charge >= 0.3 is 0 Å². The summed E-state index contributed by atoms with van der Waals surface area (Å²) in [5.74, 6) is 0.680. The Hall–Kier alpha value is -1.97. The van der Waals surface area contributed by atoms with Gasteiger partial charge in [-0.15, -0.1) is 21.5 Å². The molecule has 0 aliphatic heterocycles. The summed E-state index contributed by atoms with van der Waals surface area (Å²) in [5, 5.41) is 18.3. The quantitative estimate of drug-likeness (QED) is 0.553. The molecule has 9 heteroatoms. The Morgan fingerprint density at radius 2 is 2.08 bits per heavy atom. The first-order valence-electron chi connectivity index (χ1n) is 8.25. The van der Waals surface area contributed by atoms with Gasteiger partial charge in [0.2, 0.25) is 11.0 Å². The second-order valence-corrected chi connectivity index (χ2v) is 9.05. The Kier molecular flexibility index (Phi) is 5.47. The molecule has 0 radical (unpaired) electrons. The van der Waals surface area contributed by atoms with E-state index in [9.17, 15) is 4.79 Å². The lowest BCUT2D eigenvalue weighted by atomic mass is 10.3. The third-order valence-electron chi connectivity index (χ3n) is 3.62. The number of aromatic nitrogens is 3. The van der Waals surface area contributed by atoms with Crippen LogP contribution in [0.15, 0.2) is 40.1 Å². The number of hydrogen-bond donors (Lipinski definition) is 2. The molecule has 2 N–H and O–H groups in total. The molecule has 1 saturated carbocycles. The standard InChI is InChI=1S/C17H17N5OS3/c23-14(18-11-4-2-1-3-5-11)8-15-19-13(9-24-15)10-25-17-22-21-16(26-17)20-12-6-7-12/h1-5,9,12H,6-8,10H2,(H,18,23)(H,20,21). The molecule has 4 rings (SSSR count). The predicted octanol–water partition coefficient (Wildman–Crippen LogP) is 4.04. The number of carbonyl (C=O) groups excluding carboxylic acids is 1. The SMILES string of the molecule is O=C(Cc1nc(CSc2nnc(NC3CC3)s2)cs1)Nc1ccccc1. The summed E-state index contributed by atoms with van der Waals surface area (Å²) in [6.07, 6.45) is 2.74. The van der Waals surface area contributed by atoms with Crippen molar-refractivity contribution in [3.05, 3.63) is 46.4 Å². The second kappa shape index (κ2) is 8.15. The number of hydrogen-bond acceptors (Lipinski definition) is 8. The van der Waals surface area contributed by atoms with Crippen LogP contribution in [0, 0.1) is 0 Å². The van der Waals surface area contributed by atoms with E-state index in [0.717, 1.165) is 31.6 Å². The molecule has 1 aromatic carbocycles. The highest BCUT2D eigenvalue weighted by Gasteiger charge is 2.22. The summed E-state index contributed by atoms with van der Waals surface area (Å²) in [6.45, 7) is 0. The smallest absolute Gasteiger partial charge is 0.231 e. The molecular formula is C17H17N5OS3. The molecule has 1 amide bonds. The summed E-state index contributed by atoms with van der Waals surface area (Å²) in [4.78, 5) is 16.6. The van der Waals surface area contributed by atoms with E-state index in [-0.39, 0.29) is 5.91 Å². The Balaban J connectivity index is 1.26. The predicted molar refractivity (Wildman–Crippen MR) is 107 cm³/mol. The summed E-state index contributed by atoms with van der Waals surface area (Å²) < 4.78 is 0.935. The maximum absolute atomic E-state index is 12.1. The molecule has 0 spiro atoms. The first-order chi connectivity index (χ1) is 12.7. The van der Waals surface area contributed by atoms with E-state index in [2.05, 4.69) is 25.8 Å². The first-order valence-corrected chi connectivity index (χ1v) is 10.9. The lowest BCUT2D eigenvalue weighted by Crippen LogP contribution is -2.14. The van der Waals surface area contributed by atoms with Gasteiger partial charge in [0.15, 0.2) is 4.34 Å². The largest absolute Gasteiger partial charge is 0.357 e. The number of amides is 1. The molecule has 0 saturated heterocycles. The fraction of sp³-hybridized carbons (Fsp3) is 0.294. The van der Waals surface area contributed by atoms with Gasteiger partial charge in [-0.05, 0) is 25.0 Å². The maximum atomic E-state index is 12.1. The second-order valence-electron chi connectivity index (χ2n) is 5.90. The average Bonchev–Trinajstić information content (AvgIpc) is 3.15. The fourth-order valence-electron chi connectivity index (χ4n) is 2.22. The van der Waals surface area contributed by atoms with Crippen LogP contribution in [0.2, 0.25) is 0 Å². The summed E-state index contributed by atoms with van der Waals surface area (Å²) >= 11 is 4.72. The van der Waals surface area contributed by atoms with Gasteiger partial charge in [0, 0.05) is 22.9 Å². The van der Waals surface area contributed by atoms with Crippen LogP contribution < -0.4 is 10.6 Å². The van der Waals surface area contributed by atoms with Crippen LogP contribution in [-0.2, 0) is 17.0 Å². The fourth-order valence-corrected chi connectivity index (χ4v) is 4.84. The Bertz CT molecular complexity index is 875. The van der Waals surface area contributed by atoms with Crippen LogP contribution in [0.1, 0.15) is 23.5 Å². The number of anilines is 2. The van der Waals surface area contributed by atoms with Crippen LogP contribution >= 0.6 is 34.4 Å². The van der Waals surface area contributed by atoms with Gasteiger partial charge in [-0.25, -0.2) is 4.98 Å². The highest BCUT2D eigenvalue weighted by molar-refractivity contribution is 8.00. The zero-order valence-corrected chi connectivity index (χ0v) is 16.3. The van der Waals surface area contributed by atoms with Crippen molar-refractivity contribution in [3.8, 4) is 0 Å². The molecule has 2 aromatic heterocycles. The third-order valence-corrected chi connectivity index (χ3v) is 6.54. The molecule has 0 bridgehead atoms. The average molecular weight is 404 g/mol. The highest BCUT2D eigenvalue weighted by Crippen LogP contribution is 2.31. The van der Waals surface area contributed by atoms with Gasteiger partial charge in [-0.1, -0.05) is 41.3 Å². The van der Waals surface area contributed by atoms with Crippen molar-refractivity contribution in [2.75, 3.05) is 10.6 Å². The number of para-hydroxylation sites is 1. The van der Waals surface area contributed by atoms with Gasteiger partial charge in [0.25, 0.3) is 0 Å². The number of carbonyl (C=O) groups is 1. The lowest BCUT2D eigenvalue weighted by molar-refractivity contribution is -0.115. The maximum Gasteiger partial charge on any atom is 0.231 e. The number of nitrogens with one attached hydrogen (secondary N) is 2. The minimum absolute atomic E-state index is 0.0512. The van der Waals surface area contributed by atoms with E-state index in [4.69, 9.17) is 0 Å². The van der Waals surface area contributed by atoms with Crippen molar-refractivity contribution in [2.24, 2.45) is 0 Å². The normalized spacial score (nSPS) is 13.5. The topological polar surface area (TPSA) is 79.8 Å². The molecule has 1 fully saturated rings. The van der Waals surface area contributed by atoms with E-state index in [0.29, 0.717) is 12.5 Å². The molecule has 1 aliphatic rings. The lowest BCUT2D eigenvalue weighted by Gasteiger charge is -2.02. The van der Waals surface area contributed by atoms with Crippen molar-refractivity contribution in [2.45, 2.75) is 35.4 Å². The van der Waals surface area contributed by atoms with Gasteiger partial charge in [0.05, 0.1) is 12.1 Å². The zero-order valence-electron chi connectivity index (χ0n) is 13.8. The van der Waals surface area contributed by atoms with Crippen molar-refractivity contribution in [3.63, 3.8) is 0 Å². The van der Waals surface area contributed by atoms with Crippen molar-refractivity contribution in [1.29, 1.82) is 0 Å². The van der Waals surface area contributed by atoms with Crippen LogP contribution in [0.25, 0.3) is 0 Å². The Morgan fingerprint density at radius 3 is 2.88 bits per heavy atom. The van der Waals surface area contributed by atoms with Crippen LogP contribution in [0.4, 0.5) is 10.8 Å². The van der Waals surface area contributed by atoms with E-state index in [1.807, 2.05) is 35.7 Å². The van der Waals surface area contributed by atoms with Crippen LogP contribution in [-0.4, -0.2) is 27.1 Å². The number of thioether (sulfide) groups is 1. The van der Waals surface area contributed by atoms with Crippen molar-refractivity contribution >= 4 is 51.2 Å². The summed E-state index contributed by atoms with van der Waals surface area (Å²) in [6, 6.07) is 10.0. The monoisotopic (exact) mass is 403 g/mol. The minimum Gasteiger partial charge on any atom is -0.357 e. The number of rotatable bonds is 8. The van der Waals surface area contributed by atoms with Gasteiger partial charge < -0.3 is 10.6 Å². The van der Waals surface area contributed by atoms with Crippen molar-refractivity contribution < 1.29 is 4.79 Å². The molecule has 2 heterocycles. The first kappa shape index (κ1) is 17.4. The molecule has 6 nitrogen and oxygen atoms in total. The summed E-state index contributed by atoms with van der Waals surface area (Å²) in [5.41, 5.74) is 1.77. The van der Waals surface area contributed by atoms with Gasteiger partial charge in [-0.2, -0.15) is 0 Å².